The van der Waals surface area contributed by atoms with E-state index >= 15 is 0 Å². The van der Waals surface area contributed by atoms with Crippen LogP contribution in [-0.2, 0) is 6.18 Å². The minimum atomic E-state index is -4.55. The molecule has 1 aromatic carbocycles. The van der Waals surface area contributed by atoms with Crippen LogP contribution in [0.3, 0.4) is 0 Å². The van der Waals surface area contributed by atoms with Gasteiger partial charge in [-0.15, -0.1) is 0 Å². The van der Waals surface area contributed by atoms with Crippen molar-refractivity contribution < 1.29 is 22.8 Å². The SMILES string of the molecule is Cc1ccc(C(=O)Nc2cc(C(F)(F)F)ccn2)cc1C#Cc1cnc(NC(=O)NCCN2CCN(C)CC2)s1. The van der Waals surface area contributed by atoms with Crippen LogP contribution in [0.2, 0.25) is 0 Å². The number of carbonyl (C=O) groups excluding carboxylic acids is 2. The number of carbonyl (C=O) groups is 2. The Morgan fingerprint density at radius 2 is 1.82 bits per heavy atom. The fourth-order valence-corrected chi connectivity index (χ4v) is 4.49. The first-order chi connectivity index (χ1) is 19.1. The number of benzene rings is 1. The van der Waals surface area contributed by atoms with E-state index < -0.39 is 17.6 Å². The highest BCUT2D eigenvalue weighted by molar-refractivity contribution is 7.16. The summed E-state index contributed by atoms with van der Waals surface area (Å²) in [7, 11) is 2.10. The Morgan fingerprint density at radius 1 is 1.05 bits per heavy atom. The molecule has 1 saturated heterocycles. The van der Waals surface area contributed by atoms with Gasteiger partial charge in [0.15, 0.2) is 5.13 Å². The van der Waals surface area contributed by atoms with Crippen molar-refractivity contribution >= 4 is 34.2 Å². The highest BCUT2D eigenvalue weighted by atomic mass is 32.1. The number of aryl methyl sites for hydroxylation is 1. The number of amides is 3. The number of alkyl halides is 3. The van der Waals surface area contributed by atoms with Gasteiger partial charge in [-0.1, -0.05) is 23.3 Å². The van der Waals surface area contributed by atoms with Crippen LogP contribution < -0.4 is 16.0 Å². The second-order valence-corrected chi connectivity index (χ2v) is 10.2. The van der Waals surface area contributed by atoms with Crippen molar-refractivity contribution in [2.45, 2.75) is 13.1 Å². The van der Waals surface area contributed by atoms with Crippen molar-refractivity contribution in [2.75, 3.05) is 56.9 Å². The molecule has 4 rings (SSSR count). The van der Waals surface area contributed by atoms with E-state index in [9.17, 15) is 22.8 Å². The van der Waals surface area contributed by atoms with Crippen molar-refractivity contribution in [3.8, 4) is 11.8 Å². The van der Waals surface area contributed by atoms with Crippen LogP contribution >= 0.6 is 11.3 Å². The summed E-state index contributed by atoms with van der Waals surface area (Å²) in [6, 6.07) is 6.07. The molecule has 3 heterocycles. The van der Waals surface area contributed by atoms with Gasteiger partial charge in [0.25, 0.3) is 5.91 Å². The Balaban J connectivity index is 1.33. The molecule has 40 heavy (non-hydrogen) atoms. The zero-order valence-electron chi connectivity index (χ0n) is 21.9. The third-order valence-electron chi connectivity index (χ3n) is 6.18. The van der Waals surface area contributed by atoms with Crippen molar-refractivity contribution in [3.05, 3.63) is 69.9 Å². The highest BCUT2D eigenvalue weighted by Gasteiger charge is 2.30. The molecule has 0 spiro atoms. The van der Waals surface area contributed by atoms with Crippen LogP contribution in [0.15, 0.2) is 42.7 Å². The third kappa shape index (κ3) is 8.25. The number of hydrogen-bond acceptors (Lipinski definition) is 7. The fourth-order valence-electron chi connectivity index (χ4n) is 3.82. The number of hydrogen-bond donors (Lipinski definition) is 3. The lowest BCUT2D eigenvalue weighted by Gasteiger charge is -2.32. The van der Waals surface area contributed by atoms with E-state index in [0.29, 0.717) is 22.1 Å². The second-order valence-electron chi connectivity index (χ2n) is 9.22. The molecule has 0 bridgehead atoms. The van der Waals surface area contributed by atoms with Crippen molar-refractivity contribution in [3.63, 3.8) is 0 Å². The fraction of sp³-hybridized carbons (Fsp3) is 0.333. The average molecular weight is 572 g/mol. The van der Waals surface area contributed by atoms with Crippen LogP contribution in [0.1, 0.15) is 31.9 Å². The van der Waals surface area contributed by atoms with Gasteiger partial charge in [-0.05, 0) is 49.7 Å². The molecule has 1 aliphatic rings. The highest BCUT2D eigenvalue weighted by Crippen LogP contribution is 2.30. The van der Waals surface area contributed by atoms with Crippen molar-refractivity contribution in [1.29, 1.82) is 0 Å². The van der Waals surface area contributed by atoms with Crippen molar-refractivity contribution in [2.24, 2.45) is 0 Å². The predicted octanol–water partition coefficient (Wildman–Crippen LogP) is 3.89. The third-order valence-corrected chi connectivity index (χ3v) is 7.01. The number of piperazine rings is 1. The minimum Gasteiger partial charge on any atom is -0.337 e. The summed E-state index contributed by atoms with van der Waals surface area (Å²) in [5.41, 5.74) is 0.682. The van der Waals surface area contributed by atoms with Crippen LogP contribution in [0.4, 0.5) is 28.9 Å². The van der Waals surface area contributed by atoms with Crippen molar-refractivity contribution in [1.82, 2.24) is 25.1 Å². The maximum atomic E-state index is 13.0. The smallest absolute Gasteiger partial charge is 0.337 e. The standard InChI is InChI=1S/C27H28F3N7O2S/c1-18-3-4-20(24(38)34-23-16-21(7-8-31-23)27(28,29)30)15-19(18)5-6-22-17-33-26(40-22)35-25(39)32-9-10-37-13-11-36(2)12-14-37/h3-4,7-8,15-17H,9-14H2,1-2H3,(H,31,34,38)(H2,32,33,35,39). The van der Waals surface area contributed by atoms with Gasteiger partial charge in [0.2, 0.25) is 0 Å². The molecular weight excluding hydrogens is 543 g/mol. The average Bonchev–Trinajstić information content (AvgIpc) is 3.36. The number of pyridine rings is 1. The number of thiazole rings is 1. The Bertz CT molecular complexity index is 1420. The Kier molecular flexibility index (Phi) is 9.36. The van der Waals surface area contributed by atoms with Crippen LogP contribution in [0.5, 0.6) is 0 Å². The summed E-state index contributed by atoms with van der Waals surface area (Å²) >= 11 is 1.21. The van der Waals surface area contributed by atoms with Gasteiger partial charge in [0.05, 0.1) is 16.6 Å². The maximum Gasteiger partial charge on any atom is 0.416 e. The molecule has 9 nitrogen and oxygen atoms in total. The van der Waals surface area contributed by atoms with E-state index in [1.54, 1.807) is 24.4 Å². The molecule has 0 aliphatic carbocycles. The number of aromatic nitrogens is 2. The molecule has 3 aromatic rings. The van der Waals surface area contributed by atoms with Gasteiger partial charge in [0, 0.05) is 56.6 Å². The molecule has 2 aromatic heterocycles. The molecule has 3 N–H and O–H groups in total. The van der Waals surface area contributed by atoms with Gasteiger partial charge in [0.1, 0.15) is 5.82 Å². The number of nitrogens with one attached hydrogen (secondary N) is 3. The molecule has 1 aliphatic heterocycles. The number of urea groups is 1. The molecule has 210 valence electrons. The summed E-state index contributed by atoms with van der Waals surface area (Å²) < 4.78 is 38.9. The summed E-state index contributed by atoms with van der Waals surface area (Å²) in [4.78, 5) is 38.1. The largest absolute Gasteiger partial charge is 0.416 e. The zero-order chi connectivity index (χ0) is 28.7. The van der Waals surface area contributed by atoms with Gasteiger partial charge < -0.3 is 15.5 Å². The van der Waals surface area contributed by atoms with E-state index in [2.05, 4.69) is 54.6 Å². The maximum absolute atomic E-state index is 13.0. The number of halogens is 3. The predicted molar refractivity (Wildman–Crippen MR) is 147 cm³/mol. The molecule has 0 radical (unpaired) electrons. The molecule has 0 saturated carbocycles. The molecule has 0 atom stereocenters. The molecule has 1 fully saturated rings. The van der Waals surface area contributed by atoms with Gasteiger partial charge >= 0.3 is 12.2 Å². The molecular formula is C27H28F3N7O2S. The quantitative estimate of drug-likeness (QED) is 0.388. The number of rotatable bonds is 6. The lowest BCUT2D eigenvalue weighted by molar-refractivity contribution is -0.137. The van der Waals surface area contributed by atoms with E-state index in [0.717, 1.165) is 56.6 Å². The number of likely N-dealkylation sites (N-methyl/N-ethyl adjacent to an activating group) is 1. The summed E-state index contributed by atoms with van der Waals surface area (Å²) in [6.45, 7) is 7.13. The summed E-state index contributed by atoms with van der Waals surface area (Å²) in [5, 5.41) is 8.34. The normalized spacial score (nSPS) is 14.2. The summed E-state index contributed by atoms with van der Waals surface area (Å²) in [5.74, 6) is 5.16. The molecule has 0 unspecified atom stereocenters. The first-order valence-electron chi connectivity index (χ1n) is 12.5. The Labute approximate surface area is 233 Å². The topological polar surface area (TPSA) is 102 Å². The summed E-state index contributed by atoms with van der Waals surface area (Å²) in [6.07, 6.45) is -2.01. The number of nitrogens with zero attached hydrogens (tertiary/aromatic N) is 4. The van der Waals surface area contributed by atoms with E-state index in [4.69, 9.17) is 0 Å². The van der Waals surface area contributed by atoms with Gasteiger partial charge in [-0.3, -0.25) is 15.0 Å². The lowest BCUT2D eigenvalue weighted by Crippen LogP contribution is -2.47. The van der Waals surface area contributed by atoms with Crippen LogP contribution in [-0.4, -0.2) is 78.0 Å². The van der Waals surface area contributed by atoms with E-state index in [-0.39, 0.29) is 17.4 Å². The monoisotopic (exact) mass is 571 g/mol. The molecule has 13 heteroatoms. The Morgan fingerprint density at radius 3 is 2.58 bits per heavy atom. The van der Waals surface area contributed by atoms with Gasteiger partial charge in [-0.2, -0.15) is 13.2 Å². The minimum absolute atomic E-state index is 0.207. The van der Waals surface area contributed by atoms with Gasteiger partial charge in [-0.25, -0.2) is 14.8 Å². The zero-order valence-corrected chi connectivity index (χ0v) is 22.7. The van der Waals surface area contributed by atoms with E-state index in [1.807, 2.05) is 6.92 Å². The first kappa shape index (κ1) is 29.0. The van der Waals surface area contributed by atoms with Crippen LogP contribution in [0, 0.1) is 18.8 Å². The second kappa shape index (κ2) is 12.9. The first-order valence-corrected chi connectivity index (χ1v) is 13.3. The van der Waals surface area contributed by atoms with Crippen LogP contribution in [0.25, 0.3) is 0 Å². The lowest BCUT2D eigenvalue weighted by atomic mass is 10.0. The Hall–Kier alpha value is -3.99. The number of anilines is 2. The molecule has 3 amide bonds. The van der Waals surface area contributed by atoms with E-state index in [1.165, 1.54) is 11.3 Å².